The van der Waals surface area contributed by atoms with E-state index in [1.807, 2.05) is 6.20 Å². The van der Waals surface area contributed by atoms with Crippen molar-refractivity contribution in [1.29, 1.82) is 0 Å². The maximum atomic E-state index is 9.10. The standard InChI is InChI=1S/C21H27N3O.C2H2O4/c1-3-10-25-20-11-18-8-9-19(12-20)23(18)14-16(2)15-24-21-7-5-4-6-17(21)13-22-24;3-1(4)2(5)6/h1,4-7,13,16,18-20H,8-12,14-15H2,2H3;(H,3,4)(H,5,6)/t16?,18-,19+,20?;. The second kappa shape index (κ2) is 10.4. The molecule has 2 fully saturated rings. The van der Waals surface area contributed by atoms with Crippen molar-refractivity contribution in [2.75, 3.05) is 13.2 Å². The van der Waals surface area contributed by atoms with E-state index in [2.05, 4.69) is 51.8 Å². The Labute approximate surface area is 181 Å². The van der Waals surface area contributed by atoms with Gasteiger partial charge in [-0.1, -0.05) is 31.0 Å². The summed E-state index contributed by atoms with van der Waals surface area (Å²) in [5, 5.41) is 20.6. The number of aromatic nitrogens is 2. The molecule has 2 unspecified atom stereocenters. The van der Waals surface area contributed by atoms with Crippen LogP contribution >= 0.6 is 0 Å². The molecule has 8 heteroatoms. The lowest BCUT2D eigenvalue weighted by atomic mass is 9.98. The normalized spacial score (nSPS) is 23.5. The van der Waals surface area contributed by atoms with E-state index in [9.17, 15) is 0 Å². The molecule has 166 valence electrons. The molecule has 0 saturated carbocycles. The van der Waals surface area contributed by atoms with Crippen LogP contribution in [0.5, 0.6) is 0 Å². The summed E-state index contributed by atoms with van der Waals surface area (Å²) in [5.41, 5.74) is 1.23. The lowest BCUT2D eigenvalue weighted by Crippen LogP contribution is -2.47. The molecule has 1 aromatic carbocycles. The van der Waals surface area contributed by atoms with Crippen LogP contribution in [0.4, 0.5) is 0 Å². The van der Waals surface area contributed by atoms with E-state index >= 15 is 0 Å². The van der Waals surface area contributed by atoms with Crippen LogP contribution in [0.3, 0.4) is 0 Å². The average molecular weight is 428 g/mol. The van der Waals surface area contributed by atoms with Gasteiger partial charge in [-0.25, -0.2) is 9.59 Å². The number of carboxylic acid groups (broad SMARTS) is 2. The Balaban J connectivity index is 0.000000401. The van der Waals surface area contributed by atoms with Gasteiger partial charge < -0.3 is 14.9 Å². The number of ether oxygens (including phenoxy) is 1. The topological polar surface area (TPSA) is 105 Å². The second-order valence-electron chi connectivity index (χ2n) is 8.29. The van der Waals surface area contributed by atoms with Crippen LogP contribution in [0, 0.1) is 18.3 Å². The molecule has 0 spiro atoms. The quantitative estimate of drug-likeness (QED) is 0.539. The fourth-order valence-electron chi connectivity index (χ4n) is 4.71. The number of terminal acetylenes is 1. The van der Waals surface area contributed by atoms with E-state index in [4.69, 9.17) is 31.0 Å². The molecule has 4 atom stereocenters. The van der Waals surface area contributed by atoms with E-state index in [-0.39, 0.29) is 0 Å². The second-order valence-corrected chi connectivity index (χ2v) is 8.29. The molecule has 3 heterocycles. The number of hydrogen-bond donors (Lipinski definition) is 2. The van der Waals surface area contributed by atoms with Crippen molar-refractivity contribution in [3.8, 4) is 12.3 Å². The predicted molar refractivity (Wildman–Crippen MR) is 115 cm³/mol. The number of hydrogen-bond acceptors (Lipinski definition) is 5. The van der Waals surface area contributed by atoms with Gasteiger partial charge in [-0.05, 0) is 37.7 Å². The van der Waals surface area contributed by atoms with Crippen LogP contribution in [-0.4, -0.2) is 68.2 Å². The third kappa shape index (κ3) is 5.84. The fraction of sp³-hybridized carbons (Fsp3) is 0.522. The zero-order chi connectivity index (χ0) is 22.4. The van der Waals surface area contributed by atoms with Crippen LogP contribution < -0.4 is 0 Å². The van der Waals surface area contributed by atoms with Gasteiger partial charge in [0.15, 0.2) is 0 Å². The van der Waals surface area contributed by atoms with Gasteiger partial charge >= 0.3 is 11.9 Å². The highest BCUT2D eigenvalue weighted by Crippen LogP contribution is 2.37. The summed E-state index contributed by atoms with van der Waals surface area (Å²) in [7, 11) is 0. The lowest BCUT2D eigenvalue weighted by molar-refractivity contribution is -0.159. The molecule has 2 bridgehead atoms. The monoisotopic (exact) mass is 427 g/mol. The van der Waals surface area contributed by atoms with Gasteiger partial charge in [0.05, 0.1) is 17.8 Å². The number of para-hydroxylation sites is 1. The minimum Gasteiger partial charge on any atom is -0.473 e. The molecule has 0 amide bonds. The van der Waals surface area contributed by atoms with Crippen molar-refractivity contribution in [1.82, 2.24) is 14.7 Å². The van der Waals surface area contributed by atoms with Crippen molar-refractivity contribution in [3.63, 3.8) is 0 Å². The van der Waals surface area contributed by atoms with Crippen LogP contribution in [0.2, 0.25) is 0 Å². The van der Waals surface area contributed by atoms with E-state index in [0.717, 1.165) is 25.9 Å². The number of aliphatic carboxylic acids is 2. The highest BCUT2D eigenvalue weighted by molar-refractivity contribution is 6.27. The van der Waals surface area contributed by atoms with Crippen molar-refractivity contribution in [2.45, 2.75) is 57.3 Å². The Morgan fingerprint density at radius 3 is 2.45 bits per heavy atom. The molecule has 4 rings (SSSR count). The van der Waals surface area contributed by atoms with E-state index in [0.29, 0.717) is 30.7 Å². The highest BCUT2D eigenvalue weighted by atomic mass is 16.5. The van der Waals surface area contributed by atoms with E-state index < -0.39 is 11.9 Å². The third-order valence-electron chi connectivity index (χ3n) is 5.98. The lowest BCUT2D eigenvalue weighted by Gasteiger charge is -2.40. The molecule has 0 radical (unpaired) electrons. The van der Waals surface area contributed by atoms with Gasteiger partial charge in [0.2, 0.25) is 0 Å². The van der Waals surface area contributed by atoms with Crippen molar-refractivity contribution in [2.24, 2.45) is 5.92 Å². The summed E-state index contributed by atoms with van der Waals surface area (Å²) >= 11 is 0. The number of carbonyl (C=O) groups is 2. The van der Waals surface area contributed by atoms with Crippen LogP contribution in [-0.2, 0) is 20.9 Å². The summed E-state index contributed by atoms with van der Waals surface area (Å²) in [4.78, 5) is 20.9. The summed E-state index contributed by atoms with van der Waals surface area (Å²) in [5.74, 6) is -0.468. The largest absolute Gasteiger partial charge is 0.473 e. The highest BCUT2D eigenvalue weighted by Gasteiger charge is 2.41. The van der Waals surface area contributed by atoms with Crippen LogP contribution in [0.1, 0.15) is 32.6 Å². The molecule has 2 N–H and O–H groups in total. The SMILES string of the molecule is C#CCOC1C[C@H]2CC[C@@H](C1)N2CC(C)Cn1ncc2ccccc21.O=C(O)C(=O)O. The van der Waals surface area contributed by atoms with Crippen LogP contribution in [0.25, 0.3) is 10.9 Å². The number of nitrogens with zero attached hydrogens (tertiary/aromatic N) is 3. The zero-order valence-corrected chi connectivity index (χ0v) is 17.7. The van der Waals surface area contributed by atoms with Gasteiger partial charge in [-0.15, -0.1) is 6.42 Å². The molecule has 2 aliphatic heterocycles. The summed E-state index contributed by atoms with van der Waals surface area (Å²) in [6, 6.07) is 9.78. The van der Waals surface area contributed by atoms with Crippen molar-refractivity contribution >= 4 is 22.8 Å². The molecule has 2 aromatic rings. The number of rotatable bonds is 6. The molecule has 8 nitrogen and oxygen atoms in total. The Morgan fingerprint density at radius 1 is 1.19 bits per heavy atom. The van der Waals surface area contributed by atoms with Gasteiger partial charge in [0, 0.05) is 30.6 Å². The smallest absolute Gasteiger partial charge is 0.414 e. The molecule has 1 aromatic heterocycles. The van der Waals surface area contributed by atoms with Crippen molar-refractivity contribution < 1.29 is 24.5 Å². The van der Waals surface area contributed by atoms with Gasteiger partial charge in [-0.2, -0.15) is 5.10 Å². The van der Waals surface area contributed by atoms with Crippen LogP contribution in [0.15, 0.2) is 30.5 Å². The first kappa shape index (κ1) is 22.8. The van der Waals surface area contributed by atoms with E-state index in [1.54, 1.807) is 0 Å². The number of piperidine rings is 1. The van der Waals surface area contributed by atoms with Gasteiger partial charge in [-0.3, -0.25) is 9.58 Å². The molecular weight excluding hydrogens is 398 g/mol. The molecule has 2 saturated heterocycles. The minimum absolute atomic E-state index is 0.357. The van der Waals surface area contributed by atoms with Gasteiger partial charge in [0.25, 0.3) is 0 Å². The molecule has 0 aliphatic carbocycles. The van der Waals surface area contributed by atoms with E-state index in [1.165, 1.54) is 23.7 Å². The number of carboxylic acids is 2. The zero-order valence-electron chi connectivity index (χ0n) is 17.7. The molecule has 2 aliphatic rings. The summed E-state index contributed by atoms with van der Waals surface area (Å²) in [6.45, 7) is 4.91. The Kier molecular flexibility index (Phi) is 7.66. The summed E-state index contributed by atoms with van der Waals surface area (Å²) in [6.07, 6.45) is 12.5. The molecule has 31 heavy (non-hydrogen) atoms. The first-order valence-corrected chi connectivity index (χ1v) is 10.6. The predicted octanol–water partition coefficient (Wildman–Crippen LogP) is 2.47. The Hall–Kier alpha value is -2.89. The Morgan fingerprint density at radius 2 is 1.84 bits per heavy atom. The van der Waals surface area contributed by atoms with Gasteiger partial charge in [0.1, 0.15) is 6.61 Å². The summed E-state index contributed by atoms with van der Waals surface area (Å²) < 4.78 is 7.98. The fourth-order valence-corrected chi connectivity index (χ4v) is 4.71. The maximum absolute atomic E-state index is 9.10. The third-order valence-corrected chi connectivity index (χ3v) is 5.98. The first-order valence-electron chi connectivity index (χ1n) is 10.6. The minimum atomic E-state index is -1.82. The maximum Gasteiger partial charge on any atom is 0.414 e. The number of fused-ring (bicyclic) bond motifs is 3. The molecular formula is C23H29N3O5. The number of benzene rings is 1. The average Bonchev–Trinajstić information content (AvgIpc) is 3.23. The Bertz CT molecular complexity index is 924. The van der Waals surface area contributed by atoms with Crippen molar-refractivity contribution in [3.05, 3.63) is 30.5 Å². The first-order chi connectivity index (χ1) is 14.9.